The molecule has 1 aromatic carbocycles. The summed E-state index contributed by atoms with van der Waals surface area (Å²) in [6.07, 6.45) is 3.67. The zero-order valence-electron chi connectivity index (χ0n) is 15.8. The van der Waals surface area contributed by atoms with Crippen LogP contribution in [0.15, 0.2) is 29.1 Å². The summed E-state index contributed by atoms with van der Waals surface area (Å²) in [5.74, 6) is 0.524. The second-order valence-corrected chi connectivity index (χ2v) is 7.56. The number of aromatic amines is 1. The number of H-pyrrole nitrogens is 1. The summed E-state index contributed by atoms with van der Waals surface area (Å²) in [5.41, 5.74) is 2.67. The number of carbonyl (C=O) groups excluding carboxylic acids is 1. The SMILES string of the molecule is CCOC(=O)c1sc2nc(/C=C/c3ccc(C(C)C)cc3)[nH]c(=O)c2c1C. The fraction of sp³-hybridized carbons (Fsp3) is 0.286. The molecular formula is C21H22N2O3S. The van der Waals surface area contributed by atoms with Gasteiger partial charge in [-0.3, -0.25) is 4.79 Å². The van der Waals surface area contributed by atoms with Gasteiger partial charge >= 0.3 is 5.97 Å². The van der Waals surface area contributed by atoms with Gasteiger partial charge in [-0.2, -0.15) is 0 Å². The van der Waals surface area contributed by atoms with E-state index in [1.54, 1.807) is 19.9 Å². The lowest BCUT2D eigenvalue weighted by Crippen LogP contribution is -2.10. The van der Waals surface area contributed by atoms with Crippen LogP contribution in [-0.4, -0.2) is 22.5 Å². The van der Waals surface area contributed by atoms with Crippen molar-refractivity contribution in [3.63, 3.8) is 0 Å². The number of aryl methyl sites for hydroxylation is 1. The normalized spacial score (nSPS) is 11.6. The first-order valence-corrected chi connectivity index (χ1v) is 9.71. The van der Waals surface area contributed by atoms with Crippen molar-refractivity contribution >= 4 is 39.7 Å². The zero-order chi connectivity index (χ0) is 19.6. The first-order valence-electron chi connectivity index (χ1n) is 8.89. The summed E-state index contributed by atoms with van der Waals surface area (Å²) in [6, 6.07) is 8.27. The number of fused-ring (bicyclic) bond motifs is 1. The molecule has 0 aliphatic carbocycles. The molecule has 3 rings (SSSR count). The predicted molar refractivity (Wildman–Crippen MR) is 110 cm³/mol. The maximum absolute atomic E-state index is 12.5. The van der Waals surface area contributed by atoms with Crippen LogP contribution < -0.4 is 5.56 Å². The Morgan fingerprint density at radius 1 is 1.26 bits per heavy atom. The number of hydrogen-bond donors (Lipinski definition) is 1. The van der Waals surface area contributed by atoms with E-state index in [1.165, 1.54) is 16.9 Å². The van der Waals surface area contributed by atoms with Gasteiger partial charge in [0, 0.05) is 0 Å². The van der Waals surface area contributed by atoms with Gasteiger partial charge in [-0.05, 0) is 42.5 Å². The maximum atomic E-state index is 12.5. The van der Waals surface area contributed by atoms with E-state index in [0.29, 0.717) is 39.0 Å². The molecular weight excluding hydrogens is 360 g/mol. The third-order valence-corrected chi connectivity index (χ3v) is 5.48. The van der Waals surface area contributed by atoms with E-state index in [4.69, 9.17) is 4.74 Å². The lowest BCUT2D eigenvalue weighted by molar-refractivity contribution is 0.0531. The molecule has 0 fully saturated rings. The van der Waals surface area contributed by atoms with Gasteiger partial charge in [0.1, 0.15) is 15.5 Å². The van der Waals surface area contributed by atoms with Crippen LogP contribution in [0.4, 0.5) is 0 Å². The van der Waals surface area contributed by atoms with Crippen molar-refractivity contribution in [2.45, 2.75) is 33.6 Å². The highest BCUT2D eigenvalue weighted by atomic mass is 32.1. The molecule has 0 amide bonds. The zero-order valence-corrected chi connectivity index (χ0v) is 16.6. The van der Waals surface area contributed by atoms with Crippen molar-refractivity contribution in [3.8, 4) is 0 Å². The van der Waals surface area contributed by atoms with Crippen LogP contribution in [0.1, 0.15) is 58.9 Å². The van der Waals surface area contributed by atoms with Gasteiger partial charge in [-0.15, -0.1) is 11.3 Å². The average Bonchev–Trinajstić information content (AvgIpc) is 2.97. The summed E-state index contributed by atoms with van der Waals surface area (Å²) in [5, 5.41) is 0.446. The minimum atomic E-state index is -0.417. The van der Waals surface area contributed by atoms with Gasteiger partial charge in [0.2, 0.25) is 0 Å². The van der Waals surface area contributed by atoms with Crippen LogP contribution in [0.25, 0.3) is 22.4 Å². The van der Waals surface area contributed by atoms with Gasteiger partial charge in [0.25, 0.3) is 5.56 Å². The molecule has 2 heterocycles. The third kappa shape index (κ3) is 4.01. The lowest BCUT2D eigenvalue weighted by Gasteiger charge is -2.04. The molecule has 0 saturated carbocycles. The van der Waals surface area contributed by atoms with Crippen molar-refractivity contribution in [1.82, 2.24) is 9.97 Å². The predicted octanol–water partition coefficient (Wildman–Crippen LogP) is 4.76. The Balaban J connectivity index is 1.94. The van der Waals surface area contributed by atoms with Gasteiger partial charge in [0.15, 0.2) is 0 Å². The summed E-state index contributed by atoms with van der Waals surface area (Å²) >= 11 is 1.19. The molecule has 0 saturated heterocycles. The number of nitrogens with one attached hydrogen (secondary N) is 1. The maximum Gasteiger partial charge on any atom is 0.348 e. The van der Waals surface area contributed by atoms with E-state index >= 15 is 0 Å². The smallest absolute Gasteiger partial charge is 0.348 e. The van der Waals surface area contributed by atoms with E-state index in [9.17, 15) is 9.59 Å². The molecule has 2 aromatic heterocycles. The highest BCUT2D eigenvalue weighted by Crippen LogP contribution is 2.27. The molecule has 5 nitrogen and oxygen atoms in total. The monoisotopic (exact) mass is 382 g/mol. The first-order chi connectivity index (χ1) is 12.9. The minimum Gasteiger partial charge on any atom is -0.462 e. The Bertz CT molecular complexity index is 1060. The van der Waals surface area contributed by atoms with Gasteiger partial charge < -0.3 is 9.72 Å². The Hall–Kier alpha value is -2.73. The molecule has 0 aliphatic heterocycles. The second-order valence-electron chi connectivity index (χ2n) is 6.56. The van der Waals surface area contributed by atoms with Crippen LogP contribution in [0.2, 0.25) is 0 Å². The van der Waals surface area contributed by atoms with Crippen molar-refractivity contribution < 1.29 is 9.53 Å². The summed E-state index contributed by atoms with van der Waals surface area (Å²) in [6.45, 7) is 8.10. The number of hydrogen-bond acceptors (Lipinski definition) is 5. The van der Waals surface area contributed by atoms with Crippen molar-refractivity contribution in [2.75, 3.05) is 6.61 Å². The molecule has 3 aromatic rings. The summed E-state index contributed by atoms with van der Waals surface area (Å²) in [4.78, 5) is 32.7. The van der Waals surface area contributed by atoms with Crippen molar-refractivity contribution in [2.24, 2.45) is 0 Å². The van der Waals surface area contributed by atoms with Gasteiger partial charge in [-0.1, -0.05) is 44.2 Å². The second kappa shape index (κ2) is 7.88. The molecule has 0 spiro atoms. The topological polar surface area (TPSA) is 72.0 Å². The Labute approximate surface area is 161 Å². The number of rotatable bonds is 5. The van der Waals surface area contributed by atoms with Crippen LogP contribution in [0, 0.1) is 6.92 Å². The molecule has 6 heteroatoms. The van der Waals surface area contributed by atoms with E-state index in [-0.39, 0.29) is 5.56 Å². The van der Waals surface area contributed by atoms with E-state index in [1.807, 2.05) is 18.2 Å². The van der Waals surface area contributed by atoms with Crippen molar-refractivity contribution in [1.29, 1.82) is 0 Å². The fourth-order valence-corrected chi connectivity index (χ4v) is 3.88. The number of esters is 1. The third-order valence-electron chi connectivity index (χ3n) is 4.32. The highest BCUT2D eigenvalue weighted by Gasteiger charge is 2.19. The lowest BCUT2D eigenvalue weighted by atomic mass is 10.0. The Morgan fingerprint density at radius 2 is 1.96 bits per heavy atom. The number of benzene rings is 1. The number of carbonyl (C=O) groups is 1. The van der Waals surface area contributed by atoms with Gasteiger partial charge in [0.05, 0.1) is 12.0 Å². The molecule has 0 unspecified atom stereocenters. The van der Waals surface area contributed by atoms with E-state index in [2.05, 4.69) is 35.9 Å². The standard InChI is InChI=1S/C21H22N2O3S/c1-5-26-21(25)18-13(4)17-19(24)22-16(23-20(17)27-18)11-8-14-6-9-15(10-7-14)12(2)3/h6-12H,5H2,1-4H3,(H,22,23,24)/b11-8+. The quantitative estimate of drug-likeness (QED) is 0.646. The van der Waals surface area contributed by atoms with Crippen LogP contribution in [0.5, 0.6) is 0 Å². The number of aromatic nitrogens is 2. The summed E-state index contributed by atoms with van der Waals surface area (Å²) < 4.78 is 5.06. The van der Waals surface area contributed by atoms with Crippen LogP contribution in [0.3, 0.4) is 0 Å². The largest absolute Gasteiger partial charge is 0.462 e. The Morgan fingerprint density at radius 3 is 2.59 bits per heavy atom. The molecule has 140 valence electrons. The van der Waals surface area contributed by atoms with Crippen LogP contribution >= 0.6 is 11.3 Å². The number of nitrogens with zero attached hydrogens (tertiary/aromatic N) is 1. The fourth-order valence-electron chi connectivity index (χ4n) is 2.80. The average molecular weight is 382 g/mol. The number of thiophene rings is 1. The minimum absolute atomic E-state index is 0.251. The summed E-state index contributed by atoms with van der Waals surface area (Å²) in [7, 11) is 0. The molecule has 1 N–H and O–H groups in total. The number of ether oxygens (including phenoxy) is 1. The first kappa shape index (κ1) is 19.0. The van der Waals surface area contributed by atoms with Gasteiger partial charge in [-0.25, -0.2) is 9.78 Å². The molecule has 0 radical (unpaired) electrons. The van der Waals surface area contributed by atoms with Crippen molar-refractivity contribution in [3.05, 3.63) is 62.0 Å². The molecule has 0 atom stereocenters. The highest BCUT2D eigenvalue weighted by molar-refractivity contribution is 7.20. The molecule has 0 bridgehead atoms. The Kier molecular flexibility index (Phi) is 5.56. The van der Waals surface area contributed by atoms with E-state index < -0.39 is 5.97 Å². The molecule has 0 aliphatic rings. The molecule has 27 heavy (non-hydrogen) atoms. The van der Waals surface area contributed by atoms with E-state index in [0.717, 1.165) is 5.56 Å². The van der Waals surface area contributed by atoms with Crippen LogP contribution in [-0.2, 0) is 4.74 Å².